The summed E-state index contributed by atoms with van der Waals surface area (Å²) in [4.78, 5) is 12.8. The summed E-state index contributed by atoms with van der Waals surface area (Å²) in [6.07, 6.45) is 4.33. The van der Waals surface area contributed by atoms with E-state index >= 15 is 0 Å². The number of allylic oxidation sites excluding steroid dienone is 2. The molecule has 0 heterocycles. The van der Waals surface area contributed by atoms with Crippen molar-refractivity contribution in [1.29, 1.82) is 0 Å². The van der Waals surface area contributed by atoms with E-state index in [1.165, 1.54) is 0 Å². The predicted octanol–water partition coefficient (Wildman–Crippen LogP) is 5.19. The third-order valence-corrected chi connectivity index (χ3v) is 9.19. The van der Waals surface area contributed by atoms with Crippen molar-refractivity contribution in [2.24, 2.45) is 0 Å². The number of Topliss-reactive ketones (excluding diaryl/α,β-unsaturated/α-hetero) is 1. The molecule has 0 saturated heterocycles. The summed E-state index contributed by atoms with van der Waals surface area (Å²) >= 11 is 0. The Morgan fingerprint density at radius 1 is 1.33 bits per heavy atom. The third-order valence-electron chi connectivity index (χ3n) is 4.72. The van der Waals surface area contributed by atoms with Crippen LogP contribution in [0.5, 0.6) is 0 Å². The van der Waals surface area contributed by atoms with Gasteiger partial charge in [-0.05, 0) is 44.5 Å². The van der Waals surface area contributed by atoms with Crippen LogP contribution in [0.1, 0.15) is 48.0 Å². The average Bonchev–Trinajstić information content (AvgIpc) is 2.32. The SMILES string of the molecule is C=CCC1(O[Si](C)(C)C(C)(C)C)C(=O)C(C=C(C)C)=C1C. The lowest BCUT2D eigenvalue weighted by Gasteiger charge is -2.49. The fraction of sp³-hybridized carbons (Fsp3) is 0.611. The molecular weight excluding hydrogens is 276 g/mol. The average molecular weight is 307 g/mol. The summed E-state index contributed by atoms with van der Waals surface area (Å²) in [6, 6.07) is 0. The van der Waals surface area contributed by atoms with E-state index in [0.717, 1.165) is 16.7 Å². The molecule has 0 aliphatic heterocycles. The summed E-state index contributed by atoms with van der Waals surface area (Å²) in [5.74, 6) is 0.117. The second kappa shape index (κ2) is 5.69. The highest BCUT2D eigenvalue weighted by Crippen LogP contribution is 2.48. The van der Waals surface area contributed by atoms with Crippen LogP contribution in [0.2, 0.25) is 18.1 Å². The van der Waals surface area contributed by atoms with Gasteiger partial charge in [-0.15, -0.1) is 6.58 Å². The van der Waals surface area contributed by atoms with E-state index in [0.29, 0.717) is 6.42 Å². The zero-order valence-electron chi connectivity index (χ0n) is 14.9. The Morgan fingerprint density at radius 2 is 1.86 bits per heavy atom. The van der Waals surface area contributed by atoms with Crippen molar-refractivity contribution in [1.82, 2.24) is 0 Å². The minimum atomic E-state index is -2.02. The topological polar surface area (TPSA) is 26.3 Å². The molecule has 0 aromatic rings. The Bertz CT molecular complexity index is 514. The minimum absolute atomic E-state index is 0.0774. The fourth-order valence-electron chi connectivity index (χ4n) is 2.38. The first-order chi connectivity index (χ1) is 9.39. The van der Waals surface area contributed by atoms with Crippen LogP contribution in [0.4, 0.5) is 0 Å². The van der Waals surface area contributed by atoms with Gasteiger partial charge < -0.3 is 4.43 Å². The zero-order valence-corrected chi connectivity index (χ0v) is 15.9. The molecule has 118 valence electrons. The highest BCUT2D eigenvalue weighted by atomic mass is 28.4. The predicted molar refractivity (Wildman–Crippen MR) is 93.0 cm³/mol. The van der Waals surface area contributed by atoms with Crippen LogP contribution in [0, 0.1) is 0 Å². The first-order valence-electron chi connectivity index (χ1n) is 7.61. The van der Waals surface area contributed by atoms with Gasteiger partial charge in [-0.2, -0.15) is 0 Å². The maximum Gasteiger partial charge on any atom is 0.198 e. The summed E-state index contributed by atoms with van der Waals surface area (Å²) < 4.78 is 6.53. The van der Waals surface area contributed by atoms with Gasteiger partial charge in [-0.1, -0.05) is 38.5 Å². The highest BCUT2D eigenvalue weighted by molar-refractivity contribution is 6.74. The molecule has 1 unspecified atom stereocenters. The number of carbonyl (C=O) groups is 1. The molecule has 0 aromatic heterocycles. The quantitative estimate of drug-likeness (QED) is 0.516. The van der Waals surface area contributed by atoms with Gasteiger partial charge in [0.05, 0.1) is 0 Å². The second-order valence-corrected chi connectivity index (χ2v) is 12.5. The van der Waals surface area contributed by atoms with E-state index in [-0.39, 0.29) is 10.8 Å². The van der Waals surface area contributed by atoms with Crippen molar-refractivity contribution in [3.8, 4) is 0 Å². The standard InChI is InChI=1S/C18H30O2Si/c1-10-11-18(20-21(8,9)17(5,6)7)14(4)15(16(18)19)12-13(2)3/h10,12H,1,11H2,2-9H3. The van der Waals surface area contributed by atoms with Gasteiger partial charge in [-0.25, -0.2) is 0 Å². The normalized spacial score (nSPS) is 23.0. The third kappa shape index (κ3) is 3.14. The molecule has 3 heteroatoms. The number of hydrogen-bond donors (Lipinski definition) is 0. The molecule has 0 radical (unpaired) electrons. The largest absolute Gasteiger partial charge is 0.400 e. The van der Waals surface area contributed by atoms with Crippen molar-refractivity contribution < 1.29 is 9.22 Å². The molecular formula is C18H30O2Si. The Morgan fingerprint density at radius 3 is 2.19 bits per heavy atom. The van der Waals surface area contributed by atoms with Gasteiger partial charge in [0.15, 0.2) is 14.1 Å². The van der Waals surface area contributed by atoms with E-state index in [9.17, 15) is 4.79 Å². The summed E-state index contributed by atoms with van der Waals surface area (Å²) in [5, 5.41) is 0.0774. The molecule has 1 rings (SSSR count). The van der Waals surface area contributed by atoms with Crippen molar-refractivity contribution >= 4 is 14.1 Å². The number of ketones is 1. The number of rotatable bonds is 5. The Hall–Kier alpha value is -0.933. The molecule has 0 saturated carbocycles. The molecule has 1 atom stereocenters. The maximum absolute atomic E-state index is 12.8. The molecule has 21 heavy (non-hydrogen) atoms. The van der Waals surface area contributed by atoms with Gasteiger partial charge in [0, 0.05) is 12.0 Å². The molecule has 0 amide bonds. The monoisotopic (exact) mass is 306 g/mol. The Labute approximate surface area is 131 Å². The van der Waals surface area contributed by atoms with E-state index in [2.05, 4.69) is 40.4 Å². The van der Waals surface area contributed by atoms with Gasteiger partial charge in [0.25, 0.3) is 0 Å². The number of hydrogen-bond acceptors (Lipinski definition) is 2. The first kappa shape index (κ1) is 18.1. The van der Waals surface area contributed by atoms with Gasteiger partial charge in [-0.3, -0.25) is 4.79 Å². The highest BCUT2D eigenvalue weighted by Gasteiger charge is 2.55. The lowest BCUT2D eigenvalue weighted by molar-refractivity contribution is -0.131. The molecule has 1 aliphatic rings. The van der Waals surface area contributed by atoms with Crippen LogP contribution in [0.3, 0.4) is 0 Å². The van der Waals surface area contributed by atoms with Crippen LogP contribution in [0.25, 0.3) is 0 Å². The minimum Gasteiger partial charge on any atom is -0.400 e. The molecule has 0 bridgehead atoms. The summed E-state index contributed by atoms with van der Waals surface area (Å²) in [6.45, 7) is 20.8. The lowest BCUT2D eigenvalue weighted by atomic mass is 9.70. The zero-order chi connectivity index (χ0) is 16.6. The summed E-state index contributed by atoms with van der Waals surface area (Å²) in [5.41, 5.74) is 2.23. The molecule has 2 nitrogen and oxygen atoms in total. The van der Waals surface area contributed by atoms with Crippen LogP contribution in [0.15, 0.2) is 35.5 Å². The van der Waals surface area contributed by atoms with Crippen molar-refractivity contribution in [3.63, 3.8) is 0 Å². The van der Waals surface area contributed by atoms with Crippen LogP contribution in [-0.2, 0) is 9.22 Å². The summed E-state index contributed by atoms with van der Waals surface area (Å²) in [7, 11) is -2.02. The van der Waals surface area contributed by atoms with E-state index in [1.807, 2.05) is 26.8 Å². The first-order valence-corrected chi connectivity index (χ1v) is 10.5. The lowest BCUT2D eigenvalue weighted by Crippen LogP contribution is -2.59. The Balaban J connectivity index is 3.27. The van der Waals surface area contributed by atoms with E-state index in [1.54, 1.807) is 6.08 Å². The molecule has 0 fully saturated rings. The fourth-order valence-corrected chi connectivity index (χ4v) is 3.88. The van der Waals surface area contributed by atoms with Crippen LogP contribution in [-0.4, -0.2) is 19.7 Å². The van der Waals surface area contributed by atoms with Crippen LogP contribution >= 0.6 is 0 Å². The second-order valence-electron chi connectivity index (χ2n) is 7.77. The van der Waals surface area contributed by atoms with Gasteiger partial charge in [0.1, 0.15) is 5.60 Å². The van der Waals surface area contributed by atoms with E-state index in [4.69, 9.17) is 4.43 Å². The molecule has 0 aromatic carbocycles. The van der Waals surface area contributed by atoms with Gasteiger partial charge >= 0.3 is 0 Å². The molecule has 1 aliphatic carbocycles. The number of carbonyl (C=O) groups excluding carboxylic acids is 1. The van der Waals surface area contributed by atoms with Gasteiger partial charge in [0.2, 0.25) is 0 Å². The van der Waals surface area contributed by atoms with Crippen molar-refractivity contribution in [2.45, 2.75) is 71.7 Å². The molecule has 0 N–H and O–H groups in total. The van der Waals surface area contributed by atoms with Crippen LogP contribution < -0.4 is 0 Å². The molecule has 0 spiro atoms. The van der Waals surface area contributed by atoms with E-state index < -0.39 is 13.9 Å². The smallest absolute Gasteiger partial charge is 0.198 e. The van der Waals surface area contributed by atoms with Crippen molar-refractivity contribution in [3.05, 3.63) is 35.5 Å². The Kier molecular flexibility index (Phi) is 4.91. The van der Waals surface area contributed by atoms with Crippen molar-refractivity contribution in [2.75, 3.05) is 0 Å². The maximum atomic E-state index is 12.8.